The van der Waals surface area contributed by atoms with E-state index in [4.69, 9.17) is 5.11 Å². The third-order valence-corrected chi connectivity index (χ3v) is 2.97. The van der Waals surface area contributed by atoms with Crippen LogP contribution in [0.3, 0.4) is 0 Å². The van der Waals surface area contributed by atoms with E-state index in [9.17, 15) is 9.59 Å². The van der Waals surface area contributed by atoms with E-state index in [0.717, 1.165) is 25.8 Å². The Morgan fingerprint density at radius 2 is 2.06 bits per heavy atom. The molecular weight excluding hydrogens is 232 g/mol. The Morgan fingerprint density at radius 3 is 2.56 bits per heavy atom. The van der Waals surface area contributed by atoms with Crippen molar-refractivity contribution < 1.29 is 14.7 Å². The molecule has 1 aliphatic carbocycles. The molecule has 1 fully saturated rings. The average Bonchev–Trinajstić information content (AvgIpc) is 3.06. The van der Waals surface area contributed by atoms with E-state index in [0.29, 0.717) is 24.9 Å². The number of rotatable bonds is 9. The normalized spacial score (nSPS) is 14.8. The van der Waals surface area contributed by atoms with Crippen molar-refractivity contribution in [3.8, 4) is 0 Å². The van der Waals surface area contributed by atoms with Crippen molar-refractivity contribution in [3.63, 3.8) is 0 Å². The van der Waals surface area contributed by atoms with Gasteiger partial charge in [0.25, 0.3) is 0 Å². The zero-order valence-corrected chi connectivity index (χ0v) is 11.3. The fourth-order valence-corrected chi connectivity index (χ4v) is 1.82. The molecular formula is C13H24N2O3. The predicted molar refractivity (Wildman–Crippen MR) is 69.3 cm³/mol. The SMILES string of the molecule is CC(C)NCCCC(=O)N(CC(=O)O)CC1CC1. The second-order valence-electron chi connectivity index (χ2n) is 5.32. The lowest BCUT2D eigenvalue weighted by Gasteiger charge is -2.20. The molecule has 0 heterocycles. The van der Waals surface area contributed by atoms with Gasteiger partial charge in [0.1, 0.15) is 6.54 Å². The van der Waals surface area contributed by atoms with Crippen molar-refractivity contribution in [2.24, 2.45) is 5.92 Å². The maximum Gasteiger partial charge on any atom is 0.323 e. The molecule has 104 valence electrons. The van der Waals surface area contributed by atoms with Gasteiger partial charge < -0.3 is 15.3 Å². The van der Waals surface area contributed by atoms with Gasteiger partial charge >= 0.3 is 5.97 Å². The summed E-state index contributed by atoms with van der Waals surface area (Å²) in [7, 11) is 0. The molecule has 2 N–H and O–H groups in total. The number of nitrogens with zero attached hydrogens (tertiary/aromatic N) is 1. The number of carboxylic acid groups (broad SMARTS) is 1. The van der Waals surface area contributed by atoms with E-state index >= 15 is 0 Å². The van der Waals surface area contributed by atoms with E-state index in [-0.39, 0.29) is 12.5 Å². The Labute approximate surface area is 109 Å². The number of aliphatic carboxylic acids is 1. The molecule has 0 aromatic heterocycles. The maximum absolute atomic E-state index is 11.9. The van der Waals surface area contributed by atoms with Crippen LogP contribution in [0.15, 0.2) is 0 Å². The summed E-state index contributed by atoms with van der Waals surface area (Å²) in [5.74, 6) is -0.429. The Morgan fingerprint density at radius 1 is 1.39 bits per heavy atom. The highest BCUT2D eigenvalue weighted by Gasteiger charge is 2.27. The number of amides is 1. The van der Waals surface area contributed by atoms with Gasteiger partial charge in [-0.2, -0.15) is 0 Å². The number of nitrogens with one attached hydrogen (secondary N) is 1. The molecule has 0 spiro atoms. The van der Waals surface area contributed by atoms with Crippen molar-refractivity contribution in [1.29, 1.82) is 0 Å². The lowest BCUT2D eigenvalue weighted by atomic mass is 10.2. The molecule has 0 bridgehead atoms. The molecule has 0 atom stereocenters. The Kier molecular flexibility index (Phi) is 6.12. The fourth-order valence-electron chi connectivity index (χ4n) is 1.82. The van der Waals surface area contributed by atoms with Gasteiger partial charge in [-0.3, -0.25) is 9.59 Å². The standard InChI is InChI=1S/C13H24N2O3/c1-10(2)14-7-3-4-12(16)15(9-13(17)18)8-11-5-6-11/h10-11,14H,3-9H2,1-2H3,(H,17,18). The molecule has 1 amide bonds. The van der Waals surface area contributed by atoms with Gasteiger partial charge in [0.2, 0.25) is 5.91 Å². The Bertz CT molecular complexity index is 288. The first-order valence-corrected chi connectivity index (χ1v) is 6.72. The van der Waals surface area contributed by atoms with E-state index in [1.54, 1.807) is 0 Å². The molecule has 1 saturated carbocycles. The quantitative estimate of drug-likeness (QED) is 0.606. The molecule has 5 nitrogen and oxygen atoms in total. The van der Waals surface area contributed by atoms with Crippen molar-refractivity contribution in [3.05, 3.63) is 0 Å². The molecule has 1 aliphatic rings. The minimum atomic E-state index is -0.927. The van der Waals surface area contributed by atoms with Crippen molar-refractivity contribution in [2.45, 2.75) is 45.6 Å². The van der Waals surface area contributed by atoms with Crippen LogP contribution in [0.2, 0.25) is 0 Å². The summed E-state index contributed by atoms with van der Waals surface area (Å²) in [4.78, 5) is 24.1. The lowest BCUT2D eigenvalue weighted by Crippen LogP contribution is -2.37. The van der Waals surface area contributed by atoms with Crippen LogP contribution in [0, 0.1) is 5.92 Å². The summed E-state index contributed by atoms with van der Waals surface area (Å²) in [6.45, 7) is 5.38. The number of hydrogen-bond acceptors (Lipinski definition) is 3. The third-order valence-electron chi connectivity index (χ3n) is 2.97. The van der Waals surface area contributed by atoms with Gasteiger partial charge in [-0.15, -0.1) is 0 Å². The van der Waals surface area contributed by atoms with Gasteiger partial charge in [0, 0.05) is 19.0 Å². The monoisotopic (exact) mass is 256 g/mol. The predicted octanol–water partition coefficient (Wildman–Crippen LogP) is 1.09. The highest BCUT2D eigenvalue weighted by atomic mass is 16.4. The van der Waals surface area contributed by atoms with Gasteiger partial charge in [-0.05, 0) is 31.7 Å². The minimum absolute atomic E-state index is 0.0325. The average molecular weight is 256 g/mol. The molecule has 0 saturated heterocycles. The summed E-state index contributed by atoms with van der Waals surface area (Å²) in [6, 6.07) is 0.418. The first-order chi connectivity index (χ1) is 8.49. The number of carbonyl (C=O) groups is 2. The number of carboxylic acids is 1. The van der Waals surface area contributed by atoms with Crippen LogP contribution in [0.4, 0.5) is 0 Å². The second-order valence-corrected chi connectivity index (χ2v) is 5.32. The fraction of sp³-hybridized carbons (Fsp3) is 0.846. The maximum atomic E-state index is 11.9. The molecule has 1 rings (SSSR count). The van der Waals surface area contributed by atoms with Crippen molar-refractivity contribution in [1.82, 2.24) is 10.2 Å². The molecule has 0 aromatic carbocycles. The number of hydrogen-bond donors (Lipinski definition) is 2. The van der Waals surface area contributed by atoms with Gasteiger partial charge in [-0.1, -0.05) is 13.8 Å². The topological polar surface area (TPSA) is 69.6 Å². The van der Waals surface area contributed by atoms with Crippen LogP contribution in [-0.4, -0.2) is 47.6 Å². The molecule has 5 heteroatoms. The van der Waals surface area contributed by atoms with E-state index in [1.807, 2.05) is 0 Å². The van der Waals surface area contributed by atoms with Crippen LogP contribution < -0.4 is 5.32 Å². The summed E-state index contributed by atoms with van der Waals surface area (Å²) in [5.41, 5.74) is 0. The molecule has 18 heavy (non-hydrogen) atoms. The van der Waals surface area contributed by atoms with Crippen molar-refractivity contribution >= 4 is 11.9 Å². The highest BCUT2D eigenvalue weighted by molar-refractivity contribution is 5.81. The summed E-state index contributed by atoms with van der Waals surface area (Å²) >= 11 is 0. The van der Waals surface area contributed by atoms with Crippen LogP contribution in [0.5, 0.6) is 0 Å². The minimum Gasteiger partial charge on any atom is -0.480 e. The van der Waals surface area contributed by atoms with Crippen LogP contribution >= 0.6 is 0 Å². The summed E-state index contributed by atoms with van der Waals surface area (Å²) in [5, 5.41) is 12.1. The van der Waals surface area contributed by atoms with Crippen LogP contribution in [0.25, 0.3) is 0 Å². The van der Waals surface area contributed by atoms with Crippen LogP contribution in [0.1, 0.15) is 39.5 Å². The highest BCUT2D eigenvalue weighted by Crippen LogP contribution is 2.29. The lowest BCUT2D eigenvalue weighted by molar-refractivity contribution is -0.144. The first kappa shape index (κ1) is 15.0. The molecule has 0 aliphatic heterocycles. The number of carbonyl (C=O) groups excluding carboxylic acids is 1. The summed E-state index contributed by atoms with van der Waals surface area (Å²) < 4.78 is 0. The first-order valence-electron chi connectivity index (χ1n) is 6.72. The zero-order valence-electron chi connectivity index (χ0n) is 11.3. The van der Waals surface area contributed by atoms with Crippen molar-refractivity contribution in [2.75, 3.05) is 19.6 Å². The molecule has 0 aromatic rings. The molecule has 0 unspecified atom stereocenters. The smallest absolute Gasteiger partial charge is 0.323 e. The van der Waals surface area contributed by atoms with E-state index in [2.05, 4.69) is 19.2 Å². The second kappa shape index (κ2) is 7.36. The van der Waals surface area contributed by atoms with E-state index < -0.39 is 5.97 Å². The summed E-state index contributed by atoms with van der Waals surface area (Å²) in [6.07, 6.45) is 3.44. The Balaban J connectivity index is 2.26. The zero-order chi connectivity index (χ0) is 13.5. The van der Waals surface area contributed by atoms with E-state index in [1.165, 1.54) is 4.90 Å². The largest absolute Gasteiger partial charge is 0.480 e. The van der Waals surface area contributed by atoms with Crippen LogP contribution in [-0.2, 0) is 9.59 Å². The van der Waals surface area contributed by atoms with Gasteiger partial charge in [-0.25, -0.2) is 0 Å². The Hall–Kier alpha value is -1.10. The molecule has 0 radical (unpaired) electrons. The van der Waals surface area contributed by atoms with Gasteiger partial charge in [0.15, 0.2) is 0 Å². The third kappa shape index (κ3) is 6.59. The van der Waals surface area contributed by atoms with Gasteiger partial charge in [0.05, 0.1) is 0 Å².